The van der Waals surface area contributed by atoms with Gasteiger partial charge in [0.05, 0.1) is 5.52 Å². The van der Waals surface area contributed by atoms with E-state index >= 15 is 0 Å². The second kappa shape index (κ2) is 5.58. The molecule has 0 saturated carbocycles. The van der Waals surface area contributed by atoms with Crippen LogP contribution in [0, 0.1) is 0 Å². The largest absolute Gasteiger partial charge is 0.534 e. The molecule has 1 aromatic carbocycles. The molecule has 0 spiro atoms. The van der Waals surface area contributed by atoms with Crippen LogP contribution in [0.25, 0.3) is 10.9 Å². The molecule has 0 fully saturated rings. The van der Waals surface area contributed by atoms with E-state index in [2.05, 4.69) is 20.1 Å². The van der Waals surface area contributed by atoms with Crippen molar-refractivity contribution in [3.8, 4) is 5.88 Å². The zero-order valence-corrected chi connectivity index (χ0v) is 13.1. The maximum Gasteiger partial charge on any atom is 0.534 e. The highest BCUT2D eigenvalue weighted by Gasteiger charge is 2.49. The van der Waals surface area contributed by atoms with Gasteiger partial charge in [0.2, 0.25) is 5.88 Å². The highest BCUT2D eigenvalue weighted by atomic mass is 79.9. The summed E-state index contributed by atoms with van der Waals surface area (Å²) in [6.45, 7) is -1.71. The standard InChI is InChI=1S/C11H6BrF6NO3S/c12-7-2-1-3-8-6(7)4-9(19(8)5-10(13,14)15)22-23(20,21)11(16,17)18/h1-4H,5H2. The summed E-state index contributed by atoms with van der Waals surface area (Å²) in [6.07, 6.45) is -4.80. The molecular weight excluding hydrogens is 420 g/mol. The molecule has 0 unspecified atom stereocenters. The predicted octanol–water partition coefficient (Wildman–Crippen LogP) is 4.19. The number of aromatic nitrogens is 1. The van der Waals surface area contributed by atoms with E-state index in [0.29, 0.717) is 4.57 Å². The SMILES string of the molecule is O=S(=O)(Oc1cc2c(Br)cccc2n1CC(F)(F)F)C(F)(F)F. The van der Waals surface area contributed by atoms with E-state index in [9.17, 15) is 34.8 Å². The van der Waals surface area contributed by atoms with Gasteiger partial charge in [-0.1, -0.05) is 22.0 Å². The highest BCUT2D eigenvalue weighted by Crippen LogP contribution is 2.36. The van der Waals surface area contributed by atoms with Crippen LogP contribution >= 0.6 is 15.9 Å². The normalized spacial score (nSPS) is 13.5. The smallest absolute Gasteiger partial charge is 0.357 e. The van der Waals surface area contributed by atoms with Crippen LogP contribution in [0.15, 0.2) is 28.7 Å². The summed E-state index contributed by atoms with van der Waals surface area (Å²) >= 11 is 3.02. The molecule has 2 rings (SSSR count). The van der Waals surface area contributed by atoms with Gasteiger partial charge in [-0.2, -0.15) is 34.8 Å². The van der Waals surface area contributed by atoms with Crippen molar-refractivity contribution in [3.63, 3.8) is 0 Å². The van der Waals surface area contributed by atoms with Crippen molar-refractivity contribution < 1.29 is 38.9 Å². The third kappa shape index (κ3) is 3.74. The van der Waals surface area contributed by atoms with Gasteiger partial charge in [-0.25, -0.2) is 0 Å². The highest BCUT2D eigenvalue weighted by molar-refractivity contribution is 9.10. The van der Waals surface area contributed by atoms with Gasteiger partial charge in [0.15, 0.2) is 0 Å². The quantitative estimate of drug-likeness (QED) is 0.420. The van der Waals surface area contributed by atoms with Crippen LogP contribution in [0.5, 0.6) is 5.88 Å². The Morgan fingerprint density at radius 3 is 2.26 bits per heavy atom. The van der Waals surface area contributed by atoms with E-state index < -0.39 is 34.2 Å². The van der Waals surface area contributed by atoms with Crippen molar-refractivity contribution in [1.82, 2.24) is 4.57 Å². The molecule has 0 N–H and O–H groups in total. The molecule has 0 saturated heterocycles. The van der Waals surface area contributed by atoms with Crippen molar-refractivity contribution in [2.45, 2.75) is 18.2 Å². The van der Waals surface area contributed by atoms with Gasteiger partial charge >= 0.3 is 21.8 Å². The van der Waals surface area contributed by atoms with Gasteiger partial charge in [0.1, 0.15) is 6.54 Å². The van der Waals surface area contributed by atoms with E-state index in [1.165, 1.54) is 18.2 Å². The van der Waals surface area contributed by atoms with E-state index in [-0.39, 0.29) is 15.4 Å². The third-order valence-corrected chi connectivity index (χ3v) is 4.32. The molecular formula is C11H6BrF6NO3S. The monoisotopic (exact) mass is 425 g/mol. The van der Waals surface area contributed by atoms with Crippen molar-refractivity contribution in [1.29, 1.82) is 0 Å². The first-order valence-electron chi connectivity index (χ1n) is 5.67. The van der Waals surface area contributed by atoms with Crippen LogP contribution in [-0.4, -0.2) is 24.7 Å². The molecule has 0 aliphatic carbocycles. The Kier molecular flexibility index (Phi) is 4.35. The number of halogens is 7. The van der Waals surface area contributed by atoms with Crippen molar-refractivity contribution in [2.75, 3.05) is 0 Å². The topological polar surface area (TPSA) is 48.3 Å². The van der Waals surface area contributed by atoms with Crippen LogP contribution in [0.3, 0.4) is 0 Å². The molecule has 0 radical (unpaired) electrons. The Labute approximate surface area is 133 Å². The first-order valence-corrected chi connectivity index (χ1v) is 7.87. The predicted molar refractivity (Wildman–Crippen MR) is 71.3 cm³/mol. The molecule has 2 aromatic rings. The second-order valence-electron chi connectivity index (χ2n) is 4.34. The van der Waals surface area contributed by atoms with E-state index in [1.54, 1.807) is 0 Å². The first-order chi connectivity index (χ1) is 10.3. The minimum absolute atomic E-state index is 0.0733. The lowest BCUT2D eigenvalue weighted by Gasteiger charge is -2.14. The summed E-state index contributed by atoms with van der Waals surface area (Å²) in [5.41, 5.74) is -5.90. The summed E-state index contributed by atoms with van der Waals surface area (Å²) in [7, 11) is -6.09. The Balaban J connectivity index is 2.63. The molecule has 1 heterocycles. The third-order valence-electron chi connectivity index (χ3n) is 2.67. The average Bonchev–Trinajstić information content (AvgIpc) is 2.65. The molecule has 12 heteroatoms. The minimum Gasteiger partial charge on any atom is -0.357 e. The number of alkyl halides is 6. The Morgan fingerprint density at radius 2 is 1.74 bits per heavy atom. The van der Waals surface area contributed by atoms with Crippen molar-refractivity contribution >= 4 is 37.0 Å². The number of hydrogen-bond donors (Lipinski definition) is 0. The molecule has 0 bridgehead atoms. The maximum atomic E-state index is 12.6. The van der Waals surface area contributed by atoms with Crippen molar-refractivity contribution in [2.24, 2.45) is 0 Å². The number of rotatable bonds is 3. The molecule has 0 amide bonds. The average molecular weight is 426 g/mol. The van der Waals surface area contributed by atoms with Gasteiger partial charge in [0.25, 0.3) is 0 Å². The van der Waals surface area contributed by atoms with Crippen LogP contribution < -0.4 is 4.18 Å². The molecule has 0 aliphatic heterocycles. The van der Waals surface area contributed by atoms with E-state index in [4.69, 9.17) is 0 Å². The Hall–Kier alpha value is -1.43. The van der Waals surface area contributed by atoms with Gasteiger partial charge in [-0.15, -0.1) is 0 Å². The number of nitrogens with zero attached hydrogens (tertiary/aromatic N) is 1. The lowest BCUT2D eigenvalue weighted by atomic mass is 10.2. The molecule has 0 aliphatic rings. The lowest BCUT2D eigenvalue weighted by Crippen LogP contribution is -2.29. The molecule has 0 atom stereocenters. The van der Waals surface area contributed by atoms with Crippen LogP contribution in [0.4, 0.5) is 26.3 Å². The molecule has 128 valence electrons. The lowest BCUT2D eigenvalue weighted by molar-refractivity contribution is -0.140. The Morgan fingerprint density at radius 1 is 1.13 bits per heavy atom. The maximum absolute atomic E-state index is 12.6. The summed E-state index contributed by atoms with van der Waals surface area (Å²) in [5, 5.41) is 0.0733. The fourth-order valence-corrected chi connectivity index (χ4v) is 2.72. The first kappa shape index (κ1) is 17.9. The summed E-state index contributed by atoms with van der Waals surface area (Å²) in [6, 6.07) is 4.76. The summed E-state index contributed by atoms with van der Waals surface area (Å²) < 4.78 is 102. The summed E-state index contributed by atoms with van der Waals surface area (Å²) in [4.78, 5) is 0. The number of fused-ring (bicyclic) bond motifs is 1. The van der Waals surface area contributed by atoms with Gasteiger partial charge < -0.3 is 8.75 Å². The zero-order chi connectivity index (χ0) is 17.6. The zero-order valence-electron chi connectivity index (χ0n) is 10.7. The number of benzene rings is 1. The Bertz CT molecular complexity index is 840. The minimum atomic E-state index is -6.09. The molecule has 1 aromatic heterocycles. The van der Waals surface area contributed by atoms with Gasteiger partial charge in [-0.05, 0) is 12.1 Å². The van der Waals surface area contributed by atoms with E-state index in [1.807, 2.05) is 0 Å². The van der Waals surface area contributed by atoms with Crippen molar-refractivity contribution in [3.05, 3.63) is 28.7 Å². The molecule has 23 heavy (non-hydrogen) atoms. The number of hydrogen-bond acceptors (Lipinski definition) is 3. The van der Waals surface area contributed by atoms with Gasteiger partial charge in [0, 0.05) is 15.9 Å². The van der Waals surface area contributed by atoms with Gasteiger partial charge in [-0.3, -0.25) is 0 Å². The van der Waals surface area contributed by atoms with Crippen LogP contribution in [0.1, 0.15) is 0 Å². The fraction of sp³-hybridized carbons (Fsp3) is 0.273. The second-order valence-corrected chi connectivity index (χ2v) is 6.73. The van der Waals surface area contributed by atoms with Crippen LogP contribution in [-0.2, 0) is 16.7 Å². The van der Waals surface area contributed by atoms with E-state index in [0.717, 1.165) is 6.07 Å². The summed E-state index contributed by atoms with van der Waals surface area (Å²) in [5.74, 6) is -1.08. The fourth-order valence-electron chi connectivity index (χ4n) is 1.80. The van der Waals surface area contributed by atoms with Crippen LogP contribution in [0.2, 0.25) is 0 Å². The molecule has 4 nitrogen and oxygen atoms in total.